The molecule has 1 rings (SSSR count). The third kappa shape index (κ3) is 8.01. The van der Waals surface area contributed by atoms with Crippen molar-refractivity contribution in [1.29, 1.82) is 0 Å². The minimum atomic E-state index is -2.25. The highest BCUT2D eigenvalue weighted by atomic mass is 28.4. The van der Waals surface area contributed by atoms with E-state index in [4.69, 9.17) is 8.85 Å². The maximum atomic E-state index is 12.5. The van der Waals surface area contributed by atoms with E-state index in [0.717, 1.165) is 5.56 Å². The zero-order valence-electron chi connectivity index (χ0n) is 22.4. The number of nitro benzene ring substituents is 1. The molecule has 1 N–H and O–H groups in total. The monoisotopic (exact) mass is 496 g/mol. The van der Waals surface area contributed by atoms with E-state index in [2.05, 4.69) is 73.0 Å². The molecule has 1 amide bonds. The Morgan fingerprint density at radius 1 is 1.00 bits per heavy atom. The Morgan fingerprint density at radius 3 is 1.88 bits per heavy atom. The maximum absolute atomic E-state index is 12.5. The normalized spacial score (nSPS) is 15.1. The van der Waals surface area contributed by atoms with Crippen LogP contribution in [0.5, 0.6) is 0 Å². The Kier molecular flexibility index (Phi) is 9.64. The molecule has 0 aliphatic heterocycles. The number of carbonyl (C=O) groups is 1. The number of nitrogens with one attached hydrogen (secondary N) is 1. The minimum Gasteiger partial charge on any atom is -0.415 e. The fourth-order valence-electron chi connectivity index (χ4n) is 2.69. The van der Waals surface area contributed by atoms with Crippen molar-refractivity contribution in [3.05, 3.63) is 39.9 Å². The number of nitrogens with zero attached hydrogens (tertiary/aromatic N) is 1. The van der Waals surface area contributed by atoms with Crippen molar-refractivity contribution < 1.29 is 18.6 Å². The van der Waals surface area contributed by atoms with Crippen molar-refractivity contribution in [3.63, 3.8) is 0 Å². The number of rotatable bonds is 10. The molecule has 0 saturated carbocycles. The molecule has 188 valence electrons. The van der Waals surface area contributed by atoms with Crippen molar-refractivity contribution in [2.75, 3.05) is 6.61 Å². The molecule has 0 fully saturated rings. The lowest BCUT2D eigenvalue weighted by Crippen LogP contribution is -2.51. The molecular formula is C24H44N2O5Si2. The van der Waals surface area contributed by atoms with Crippen LogP contribution in [0.2, 0.25) is 36.3 Å². The predicted octanol–water partition coefficient (Wildman–Crippen LogP) is 6.57. The molecule has 0 spiro atoms. The smallest absolute Gasteiger partial charge is 0.269 e. The molecule has 33 heavy (non-hydrogen) atoms. The zero-order chi connectivity index (χ0) is 25.8. The van der Waals surface area contributed by atoms with Crippen molar-refractivity contribution >= 4 is 28.2 Å². The SMILES string of the molecule is CCC(=O)N[C@H](CO[Si](C)(C)C(C)(C)C)[C@@H](O[Si](C)(C)C(C)(C)C)c1ccc([N+](=O)[O-])cc1. The highest BCUT2D eigenvalue weighted by molar-refractivity contribution is 6.74. The summed E-state index contributed by atoms with van der Waals surface area (Å²) in [5, 5.41) is 14.3. The lowest BCUT2D eigenvalue weighted by Gasteiger charge is -2.43. The van der Waals surface area contributed by atoms with Crippen LogP contribution < -0.4 is 5.32 Å². The van der Waals surface area contributed by atoms with E-state index in [9.17, 15) is 14.9 Å². The molecule has 0 radical (unpaired) electrons. The first kappa shape index (κ1) is 29.5. The van der Waals surface area contributed by atoms with Gasteiger partial charge in [0.05, 0.1) is 23.7 Å². The van der Waals surface area contributed by atoms with E-state index >= 15 is 0 Å². The van der Waals surface area contributed by atoms with Crippen LogP contribution in [-0.4, -0.2) is 40.1 Å². The fourth-order valence-corrected chi connectivity index (χ4v) is 5.01. The first-order chi connectivity index (χ1) is 14.8. The number of nitro groups is 1. The number of hydrogen-bond donors (Lipinski definition) is 1. The average molecular weight is 497 g/mol. The standard InChI is InChI=1S/C24H44N2O5Si2/c1-12-21(27)25-20(17-30-32(8,9)23(2,3)4)22(31-33(10,11)24(5,6)7)18-13-15-19(16-14-18)26(28)29/h13-16,20,22H,12,17H2,1-11H3,(H,25,27)/t20-,22+/m1/s1. The molecule has 0 aromatic heterocycles. The largest absolute Gasteiger partial charge is 0.415 e. The fraction of sp³-hybridized carbons (Fsp3) is 0.708. The van der Waals surface area contributed by atoms with Crippen molar-refractivity contribution in [3.8, 4) is 0 Å². The Bertz CT molecular complexity index is 812. The molecule has 0 bridgehead atoms. The van der Waals surface area contributed by atoms with Gasteiger partial charge in [-0.3, -0.25) is 14.9 Å². The Labute approximate surface area is 202 Å². The molecule has 0 aliphatic carbocycles. The molecule has 2 atom stereocenters. The van der Waals surface area contributed by atoms with Crippen molar-refractivity contribution in [2.45, 2.75) is 103 Å². The van der Waals surface area contributed by atoms with E-state index in [0.29, 0.717) is 13.0 Å². The van der Waals surface area contributed by atoms with Gasteiger partial charge in [0.25, 0.3) is 5.69 Å². The van der Waals surface area contributed by atoms with Gasteiger partial charge < -0.3 is 14.2 Å². The van der Waals surface area contributed by atoms with Crippen LogP contribution >= 0.6 is 0 Å². The first-order valence-corrected chi connectivity index (χ1v) is 17.5. The first-order valence-electron chi connectivity index (χ1n) is 11.7. The number of amides is 1. The molecule has 0 unspecified atom stereocenters. The molecule has 9 heteroatoms. The third-order valence-corrected chi connectivity index (χ3v) is 16.1. The third-order valence-electron chi connectivity index (χ3n) is 7.12. The summed E-state index contributed by atoms with van der Waals surface area (Å²) in [6, 6.07) is 6.03. The van der Waals surface area contributed by atoms with E-state index in [1.54, 1.807) is 12.1 Å². The highest BCUT2D eigenvalue weighted by Gasteiger charge is 2.43. The molecular weight excluding hydrogens is 452 g/mol. The molecule has 0 saturated heterocycles. The van der Waals surface area contributed by atoms with Crippen LogP contribution in [0.15, 0.2) is 24.3 Å². The van der Waals surface area contributed by atoms with Crippen molar-refractivity contribution in [2.24, 2.45) is 0 Å². The van der Waals surface area contributed by atoms with Gasteiger partial charge in [-0.15, -0.1) is 0 Å². The molecule has 0 aliphatic rings. The van der Waals surface area contributed by atoms with Crippen LogP contribution in [0.4, 0.5) is 5.69 Å². The summed E-state index contributed by atoms with van der Waals surface area (Å²) >= 11 is 0. The lowest BCUT2D eigenvalue weighted by atomic mass is 10.0. The van der Waals surface area contributed by atoms with Gasteiger partial charge in [0.1, 0.15) is 0 Å². The molecule has 0 heterocycles. The number of benzene rings is 1. The molecule has 7 nitrogen and oxygen atoms in total. The van der Waals surface area contributed by atoms with Crippen LogP contribution in [0.25, 0.3) is 0 Å². The molecule has 1 aromatic carbocycles. The van der Waals surface area contributed by atoms with Gasteiger partial charge in [-0.1, -0.05) is 48.5 Å². The summed E-state index contributed by atoms with van der Waals surface area (Å²) in [5.74, 6) is -0.0791. The van der Waals surface area contributed by atoms with Gasteiger partial charge >= 0.3 is 0 Å². The summed E-state index contributed by atoms with van der Waals surface area (Å²) in [5.41, 5.74) is 0.821. The Balaban J connectivity index is 3.46. The summed E-state index contributed by atoms with van der Waals surface area (Å²) < 4.78 is 13.4. The number of non-ortho nitro benzene ring substituents is 1. The van der Waals surface area contributed by atoms with Gasteiger partial charge in [-0.05, 0) is 54.0 Å². The van der Waals surface area contributed by atoms with Gasteiger partial charge in [-0.2, -0.15) is 0 Å². The quantitative estimate of drug-likeness (QED) is 0.225. The number of hydrogen-bond acceptors (Lipinski definition) is 5. The Morgan fingerprint density at radius 2 is 1.48 bits per heavy atom. The number of carbonyl (C=O) groups excluding carboxylic acids is 1. The zero-order valence-corrected chi connectivity index (χ0v) is 24.4. The highest BCUT2D eigenvalue weighted by Crippen LogP contribution is 2.41. The van der Waals surface area contributed by atoms with Crippen LogP contribution in [0, 0.1) is 10.1 Å². The second-order valence-corrected chi connectivity index (χ2v) is 21.3. The summed E-state index contributed by atoms with van der Waals surface area (Å²) in [6.45, 7) is 23.9. The van der Waals surface area contributed by atoms with Crippen LogP contribution in [-0.2, 0) is 13.6 Å². The topological polar surface area (TPSA) is 90.7 Å². The van der Waals surface area contributed by atoms with Crippen molar-refractivity contribution in [1.82, 2.24) is 5.32 Å². The summed E-state index contributed by atoms with van der Waals surface area (Å²) in [7, 11) is -4.33. The van der Waals surface area contributed by atoms with Crippen LogP contribution in [0.1, 0.15) is 66.6 Å². The lowest BCUT2D eigenvalue weighted by molar-refractivity contribution is -0.384. The maximum Gasteiger partial charge on any atom is 0.269 e. The van der Waals surface area contributed by atoms with E-state index in [1.165, 1.54) is 12.1 Å². The summed E-state index contributed by atoms with van der Waals surface area (Å²) in [4.78, 5) is 23.3. The van der Waals surface area contributed by atoms with Gasteiger partial charge in [0.15, 0.2) is 16.6 Å². The predicted molar refractivity (Wildman–Crippen MR) is 139 cm³/mol. The van der Waals surface area contributed by atoms with Gasteiger partial charge in [0.2, 0.25) is 5.91 Å². The second-order valence-electron chi connectivity index (χ2n) is 11.7. The molecule has 1 aromatic rings. The average Bonchev–Trinajstić information content (AvgIpc) is 2.67. The van der Waals surface area contributed by atoms with E-state index < -0.39 is 33.7 Å². The van der Waals surface area contributed by atoms with E-state index in [1.807, 2.05) is 6.92 Å². The van der Waals surface area contributed by atoms with Gasteiger partial charge in [-0.25, -0.2) is 0 Å². The summed E-state index contributed by atoms with van der Waals surface area (Å²) in [6.07, 6.45) is -0.129. The second kappa shape index (κ2) is 10.8. The van der Waals surface area contributed by atoms with Crippen LogP contribution in [0.3, 0.4) is 0 Å². The minimum absolute atomic E-state index is 0.0233. The van der Waals surface area contributed by atoms with E-state index in [-0.39, 0.29) is 21.7 Å². The van der Waals surface area contributed by atoms with Gasteiger partial charge in [0, 0.05) is 18.6 Å². The Hall–Kier alpha value is -1.56.